The molecule has 0 aromatic rings. The molecule has 1 fully saturated rings. The molecule has 0 spiro atoms. The van der Waals surface area contributed by atoms with Crippen LogP contribution < -0.4 is 5.32 Å². The van der Waals surface area contributed by atoms with Gasteiger partial charge >= 0.3 is 0 Å². The summed E-state index contributed by atoms with van der Waals surface area (Å²) in [7, 11) is 0. The lowest BCUT2D eigenvalue weighted by Crippen LogP contribution is -2.46. The van der Waals surface area contributed by atoms with Crippen molar-refractivity contribution in [3.05, 3.63) is 11.1 Å². The third-order valence-electron chi connectivity index (χ3n) is 3.72. The fourth-order valence-corrected chi connectivity index (χ4v) is 3.12. The van der Waals surface area contributed by atoms with Crippen LogP contribution >= 0.6 is 11.8 Å². The number of allylic oxidation sites excluding steroid dienone is 1. The van der Waals surface area contributed by atoms with Crippen LogP contribution in [-0.2, 0) is 19.2 Å². The smallest absolute Gasteiger partial charge is 0.243 e. The Morgan fingerprint density at radius 3 is 2.42 bits per heavy atom. The molecule has 8 heteroatoms. The van der Waals surface area contributed by atoms with Gasteiger partial charge < -0.3 is 10.2 Å². The van der Waals surface area contributed by atoms with Crippen LogP contribution in [0.5, 0.6) is 0 Å². The molecular formula is C18H29N3O4S. The van der Waals surface area contributed by atoms with Crippen molar-refractivity contribution in [3.8, 4) is 0 Å². The molecule has 0 aromatic heterocycles. The minimum absolute atomic E-state index is 0.00851. The quantitative estimate of drug-likeness (QED) is 0.672. The number of hydrogen-bond acceptors (Lipinski definition) is 5. The van der Waals surface area contributed by atoms with E-state index >= 15 is 0 Å². The van der Waals surface area contributed by atoms with Crippen molar-refractivity contribution in [2.75, 3.05) is 25.4 Å². The highest BCUT2D eigenvalue weighted by Crippen LogP contribution is 2.30. The Balaban J connectivity index is 2.83. The molecule has 1 saturated heterocycles. The van der Waals surface area contributed by atoms with Gasteiger partial charge in [-0.25, -0.2) is 0 Å². The molecule has 1 aliphatic rings. The summed E-state index contributed by atoms with van der Waals surface area (Å²) in [5, 5.41) is 3.23. The Morgan fingerprint density at radius 1 is 1.31 bits per heavy atom. The standard InChI is InChI=1S/C18H29N3O4S/c1-7-20(9-14(23)19-12(2)3)15(24)10-21-16(25)11-26-17(21)8-13(22)18(4,5)6/h8,12H,7,9-11H2,1-6H3,(H,19,23)/b17-8-. The summed E-state index contributed by atoms with van der Waals surface area (Å²) < 4.78 is 0. The Kier molecular flexibility index (Phi) is 7.87. The largest absolute Gasteiger partial charge is 0.352 e. The van der Waals surface area contributed by atoms with E-state index in [1.165, 1.54) is 27.6 Å². The van der Waals surface area contributed by atoms with Gasteiger partial charge in [0.25, 0.3) is 0 Å². The van der Waals surface area contributed by atoms with E-state index in [4.69, 9.17) is 0 Å². The van der Waals surface area contributed by atoms with Gasteiger partial charge in [0.2, 0.25) is 17.7 Å². The Bertz CT molecular complexity index is 608. The van der Waals surface area contributed by atoms with E-state index in [0.717, 1.165) is 0 Å². The van der Waals surface area contributed by atoms with Crippen LogP contribution in [0.4, 0.5) is 0 Å². The van der Waals surface area contributed by atoms with Crippen molar-refractivity contribution in [2.24, 2.45) is 5.41 Å². The number of rotatable bonds is 7. The molecular weight excluding hydrogens is 354 g/mol. The lowest BCUT2D eigenvalue weighted by atomic mass is 9.91. The van der Waals surface area contributed by atoms with E-state index in [-0.39, 0.29) is 48.4 Å². The highest BCUT2D eigenvalue weighted by atomic mass is 32.2. The van der Waals surface area contributed by atoms with Gasteiger partial charge in [0.1, 0.15) is 6.54 Å². The third kappa shape index (κ3) is 6.48. The Hall–Kier alpha value is -1.83. The maximum absolute atomic E-state index is 12.6. The monoisotopic (exact) mass is 383 g/mol. The van der Waals surface area contributed by atoms with Crippen LogP contribution in [0.2, 0.25) is 0 Å². The molecule has 3 amide bonds. The van der Waals surface area contributed by atoms with Crippen molar-refractivity contribution in [3.63, 3.8) is 0 Å². The van der Waals surface area contributed by atoms with Crippen molar-refractivity contribution in [2.45, 2.75) is 47.6 Å². The average Bonchev–Trinajstić information content (AvgIpc) is 2.83. The first kappa shape index (κ1) is 22.2. The molecule has 0 aliphatic carbocycles. The van der Waals surface area contributed by atoms with E-state index in [0.29, 0.717) is 11.6 Å². The first-order valence-corrected chi connectivity index (χ1v) is 9.70. The molecule has 1 heterocycles. The highest BCUT2D eigenvalue weighted by Gasteiger charge is 2.32. The van der Waals surface area contributed by atoms with Gasteiger partial charge in [-0.3, -0.25) is 24.1 Å². The van der Waals surface area contributed by atoms with Crippen molar-refractivity contribution < 1.29 is 19.2 Å². The number of thioether (sulfide) groups is 1. The number of nitrogens with one attached hydrogen (secondary N) is 1. The number of likely N-dealkylation sites (N-methyl/N-ethyl adjacent to an activating group) is 1. The van der Waals surface area contributed by atoms with E-state index < -0.39 is 5.41 Å². The summed E-state index contributed by atoms with van der Waals surface area (Å²) in [6.45, 7) is 11.0. The summed E-state index contributed by atoms with van der Waals surface area (Å²) in [6.07, 6.45) is 1.44. The Morgan fingerprint density at radius 2 is 1.92 bits per heavy atom. The van der Waals surface area contributed by atoms with Gasteiger partial charge in [0.15, 0.2) is 5.78 Å². The van der Waals surface area contributed by atoms with E-state index in [1.54, 1.807) is 27.7 Å². The van der Waals surface area contributed by atoms with Crippen molar-refractivity contribution >= 4 is 35.3 Å². The second-order valence-corrected chi connectivity index (χ2v) is 8.49. The zero-order valence-corrected chi connectivity index (χ0v) is 17.2. The molecule has 1 rings (SSSR count). The SMILES string of the molecule is CCN(CC(=O)NC(C)C)C(=O)CN1C(=O)CS/C1=C\C(=O)C(C)(C)C. The lowest BCUT2D eigenvalue weighted by Gasteiger charge is -2.25. The third-order valence-corrected chi connectivity index (χ3v) is 4.74. The minimum atomic E-state index is -0.556. The molecule has 0 aromatic carbocycles. The highest BCUT2D eigenvalue weighted by molar-refractivity contribution is 8.04. The van der Waals surface area contributed by atoms with Crippen LogP contribution in [0.15, 0.2) is 11.1 Å². The fourth-order valence-electron chi connectivity index (χ4n) is 2.18. The molecule has 1 N–H and O–H groups in total. The Labute approximate surface area is 159 Å². The first-order chi connectivity index (χ1) is 12.0. The maximum Gasteiger partial charge on any atom is 0.243 e. The van der Waals surface area contributed by atoms with Crippen molar-refractivity contribution in [1.82, 2.24) is 15.1 Å². The van der Waals surface area contributed by atoms with Gasteiger partial charge in [0, 0.05) is 24.1 Å². The molecule has 0 atom stereocenters. The second-order valence-electron chi connectivity index (χ2n) is 7.50. The molecule has 0 bridgehead atoms. The van der Waals surface area contributed by atoms with Gasteiger partial charge in [-0.05, 0) is 20.8 Å². The number of nitrogens with zero attached hydrogens (tertiary/aromatic N) is 2. The molecule has 26 heavy (non-hydrogen) atoms. The normalized spacial score (nSPS) is 16.3. The summed E-state index contributed by atoms with van der Waals surface area (Å²) in [5.41, 5.74) is -0.556. The van der Waals surface area contributed by atoms with E-state index in [2.05, 4.69) is 5.32 Å². The number of amides is 3. The van der Waals surface area contributed by atoms with Gasteiger partial charge in [-0.2, -0.15) is 0 Å². The molecule has 146 valence electrons. The van der Waals surface area contributed by atoms with E-state index in [1.807, 2.05) is 13.8 Å². The number of ketones is 1. The molecule has 0 unspecified atom stereocenters. The number of carbonyl (C=O) groups excluding carboxylic acids is 4. The summed E-state index contributed by atoms with van der Waals surface area (Å²) in [6, 6.07) is -0.00851. The van der Waals surface area contributed by atoms with Gasteiger partial charge in [-0.1, -0.05) is 32.5 Å². The predicted molar refractivity (Wildman–Crippen MR) is 102 cm³/mol. The zero-order chi connectivity index (χ0) is 20.1. The molecule has 1 aliphatic heterocycles. The molecule has 0 radical (unpaired) electrons. The minimum Gasteiger partial charge on any atom is -0.352 e. The van der Waals surface area contributed by atoms with Crippen LogP contribution in [0.25, 0.3) is 0 Å². The van der Waals surface area contributed by atoms with Crippen LogP contribution in [0, 0.1) is 5.41 Å². The lowest BCUT2D eigenvalue weighted by molar-refractivity contribution is -0.139. The van der Waals surface area contributed by atoms with E-state index in [9.17, 15) is 19.2 Å². The molecule has 7 nitrogen and oxygen atoms in total. The fraction of sp³-hybridized carbons (Fsp3) is 0.667. The van der Waals surface area contributed by atoms with Crippen molar-refractivity contribution in [1.29, 1.82) is 0 Å². The predicted octanol–water partition coefficient (Wildman–Crippen LogP) is 1.39. The van der Waals surface area contributed by atoms with Gasteiger partial charge in [-0.15, -0.1) is 0 Å². The summed E-state index contributed by atoms with van der Waals surface area (Å²) in [5.74, 6) is -0.668. The van der Waals surface area contributed by atoms with Crippen LogP contribution in [-0.4, -0.2) is 64.7 Å². The summed E-state index contributed by atoms with van der Waals surface area (Å²) in [4.78, 5) is 51.5. The maximum atomic E-state index is 12.6. The topological polar surface area (TPSA) is 86.8 Å². The van der Waals surface area contributed by atoms with Crippen LogP contribution in [0.1, 0.15) is 41.5 Å². The average molecular weight is 384 g/mol. The van der Waals surface area contributed by atoms with Gasteiger partial charge in [0.05, 0.1) is 17.3 Å². The summed E-state index contributed by atoms with van der Waals surface area (Å²) >= 11 is 1.25. The zero-order valence-electron chi connectivity index (χ0n) is 16.4. The number of carbonyl (C=O) groups is 4. The second kappa shape index (κ2) is 9.21. The first-order valence-electron chi connectivity index (χ1n) is 8.72. The van der Waals surface area contributed by atoms with Crippen LogP contribution in [0.3, 0.4) is 0 Å². The molecule has 0 saturated carbocycles. The number of hydrogen-bond donors (Lipinski definition) is 1.